The highest BCUT2D eigenvalue weighted by atomic mass is 32.2. The number of amides is 1. The fraction of sp³-hybridized carbons (Fsp3) is 0.111. The van der Waals surface area contributed by atoms with Gasteiger partial charge in [-0.1, -0.05) is 0 Å². The largest absolute Gasteiger partial charge is 0.462 e. The smallest absolute Gasteiger partial charge is 0.338 e. The monoisotopic (exact) mass is 415 g/mol. The van der Waals surface area contributed by atoms with Crippen LogP contribution in [0.1, 0.15) is 17.3 Å². The predicted octanol–water partition coefficient (Wildman–Crippen LogP) is 1.44. The molecule has 0 aliphatic heterocycles. The number of carbonyl (C=O) groups excluding carboxylic acids is 2. The Hall–Kier alpha value is -3.75. The van der Waals surface area contributed by atoms with Gasteiger partial charge in [0.25, 0.3) is 5.91 Å². The summed E-state index contributed by atoms with van der Waals surface area (Å²) in [7, 11) is -3.82. The average Bonchev–Trinajstić information content (AvgIpc) is 2.69. The minimum Gasteiger partial charge on any atom is -0.462 e. The maximum Gasteiger partial charge on any atom is 0.338 e. The van der Waals surface area contributed by atoms with Crippen molar-refractivity contribution in [2.75, 3.05) is 17.3 Å². The third-order valence-corrected chi connectivity index (χ3v) is 4.38. The molecule has 0 heterocycles. The molecular weight excluding hydrogens is 398 g/mol. The van der Waals surface area contributed by atoms with E-state index in [4.69, 9.17) is 15.1 Å². The van der Waals surface area contributed by atoms with E-state index in [1.54, 1.807) is 13.0 Å². The number of nitrogens with one attached hydrogen (secondary N) is 2. The molecule has 0 fully saturated rings. The van der Waals surface area contributed by atoms with Gasteiger partial charge in [0, 0.05) is 5.69 Å². The summed E-state index contributed by atoms with van der Waals surface area (Å²) < 4.78 is 27.3. The maximum atomic E-state index is 12.2. The van der Waals surface area contributed by atoms with Gasteiger partial charge in [0.1, 0.15) is 6.07 Å². The van der Waals surface area contributed by atoms with Crippen molar-refractivity contribution in [1.29, 1.82) is 5.26 Å². The summed E-state index contributed by atoms with van der Waals surface area (Å²) in [5, 5.41) is 20.3. The minimum atomic E-state index is -3.82. The second kappa shape index (κ2) is 9.45. The van der Waals surface area contributed by atoms with Gasteiger partial charge >= 0.3 is 5.97 Å². The fourth-order valence-electron chi connectivity index (χ4n) is 2.06. The Morgan fingerprint density at radius 2 is 1.69 bits per heavy atom. The lowest BCUT2D eigenvalue weighted by Gasteiger charge is -2.06. The van der Waals surface area contributed by atoms with E-state index in [9.17, 15) is 18.0 Å². The van der Waals surface area contributed by atoms with Gasteiger partial charge in [-0.25, -0.2) is 18.4 Å². The third kappa shape index (κ3) is 6.13. The molecule has 2 aromatic carbocycles. The van der Waals surface area contributed by atoms with E-state index in [1.165, 1.54) is 48.5 Å². The number of sulfonamides is 1. The van der Waals surface area contributed by atoms with Crippen LogP contribution >= 0.6 is 0 Å². The number of benzene rings is 2. The van der Waals surface area contributed by atoms with Gasteiger partial charge in [-0.2, -0.15) is 10.4 Å². The maximum absolute atomic E-state index is 12.2. The van der Waals surface area contributed by atoms with Crippen LogP contribution in [0, 0.1) is 11.3 Å². The highest BCUT2D eigenvalue weighted by Crippen LogP contribution is 2.13. The quantitative estimate of drug-likeness (QED) is 0.350. The summed E-state index contributed by atoms with van der Waals surface area (Å²) in [6.45, 7) is 1.94. The third-order valence-electron chi connectivity index (χ3n) is 3.45. The number of nitriles is 1. The number of hydrogen-bond acceptors (Lipinski definition) is 8. The van der Waals surface area contributed by atoms with E-state index < -0.39 is 27.6 Å². The van der Waals surface area contributed by atoms with Gasteiger partial charge in [-0.05, 0) is 55.5 Å². The molecule has 0 saturated heterocycles. The van der Waals surface area contributed by atoms with Gasteiger partial charge in [-0.3, -0.25) is 10.2 Å². The average molecular weight is 415 g/mol. The lowest BCUT2D eigenvalue weighted by atomic mass is 10.2. The summed E-state index contributed by atoms with van der Waals surface area (Å²) in [5.41, 5.74) is 3.04. The van der Waals surface area contributed by atoms with Crippen molar-refractivity contribution in [2.45, 2.75) is 11.8 Å². The Kier molecular flexibility index (Phi) is 7.02. The molecule has 0 aromatic heterocycles. The molecule has 0 aliphatic carbocycles. The Bertz CT molecular complexity index is 1070. The van der Waals surface area contributed by atoms with Gasteiger partial charge in [-0.15, -0.1) is 0 Å². The van der Waals surface area contributed by atoms with Crippen molar-refractivity contribution < 1.29 is 22.7 Å². The van der Waals surface area contributed by atoms with Gasteiger partial charge in [0.15, 0.2) is 0 Å². The molecule has 0 spiro atoms. The van der Waals surface area contributed by atoms with Gasteiger partial charge in [0.05, 0.1) is 22.8 Å². The second-order valence-electron chi connectivity index (χ2n) is 5.51. The van der Waals surface area contributed by atoms with E-state index in [-0.39, 0.29) is 11.5 Å². The first kappa shape index (κ1) is 21.5. The van der Waals surface area contributed by atoms with Crippen molar-refractivity contribution >= 4 is 39.0 Å². The molecule has 0 bridgehead atoms. The number of nitrogens with zero attached hydrogens (tertiary/aromatic N) is 2. The summed E-state index contributed by atoms with van der Waals surface area (Å²) >= 11 is 0. The van der Waals surface area contributed by atoms with Crippen LogP contribution in [-0.4, -0.2) is 32.6 Å². The van der Waals surface area contributed by atoms with Crippen LogP contribution in [0.4, 0.5) is 11.4 Å². The molecule has 29 heavy (non-hydrogen) atoms. The second-order valence-corrected chi connectivity index (χ2v) is 7.07. The van der Waals surface area contributed by atoms with E-state index in [1.807, 2.05) is 0 Å². The number of rotatable bonds is 7. The molecular formula is C18H17N5O5S. The summed E-state index contributed by atoms with van der Waals surface area (Å²) in [6, 6.07) is 12.8. The van der Waals surface area contributed by atoms with E-state index in [0.717, 1.165) is 0 Å². The first-order valence-corrected chi connectivity index (χ1v) is 9.74. The number of esters is 1. The van der Waals surface area contributed by atoms with Crippen LogP contribution in [0.25, 0.3) is 0 Å². The zero-order chi connectivity index (χ0) is 21.4. The lowest BCUT2D eigenvalue weighted by Crippen LogP contribution is -2.22. The predicted molar refractivity (Wildman–Crippen MR) is 106 cm³/mol. The summed E-state index contributed by atoms with van der Waals surface area (Å²) in [5.74, 6) is -1.26. The molecule has 10 nitrogen and oxygen atoms in total. The number of carbonyl (C=O) groups is 2. The van der Waals surface area contributed by atoms with Crippen LogP contribution in [0.2, 0.25) is 0 Å². The highest BCUT2D eigenvalue weighted by molar-refractivity contribution is 7.89. The first-order valence-electron chi connectivity index (χ1n) is 8.19. The van der Waals surface area contributed by atoms with Crippen LogP contribution in [0.15, 0.2) is 58.5 Å². The number of hydrazone groups is 1. The molecule has 0 radical (unpaired) electrons. The topological polar surface area (TPSA) is 164 Å². The first-order chi connectivity index (χ1) is 13.7. The van der Waals surface area contributed by atoms with Crippen molar-refractivity contribution in [3.05, 3.63) is 54.1 Å². The van der Waals surface area contributed by atoms with Crippen molar-refractivity contribution in [3.8, 4) is 6.07 Å². The van der Waals surface area contributed by atoms with Gasteiger partial charge < -0.3 is 10.1 Å². The van der Waals surface area contributed by atoms with E-state index >= 15 is 0 Å². The highest BCUT2D eigenvalue weighted by Gasteiger charge is 2.13. The number of hydrogen-bond donors (Lipinski definition) is 3. The van der Waals surface area contributed by atoms with Crippen LogP contribution in [0.5, 0.6) is 0 Å². The molecule has 0 unspecified atom stereocenters. The lowest BCUT2D eigenvalue weighted by molar-refractivity contribution is -0.110. The standard InChI is InChI=1S/C18H17N5O5S/c1-2-28-18(25)12-3-5-13(6-4-12)21-17(24)16(11-19)23-22-14-7-9-15(10-8-14)29(20,26)27/h3-10,22H,2H2,1H3,(H,21,24)(H2,20,26,27). The van der Waals surface area contributed by atoms with Crippen LogP contribution in [0.3, 0.4) is 0 Å². The van der Waals surface area contributed by atoms with E-state index in [0.29, 0.717) is 16.9 Å². The molecule has 150 valence electrons. The van der Waals surface area contributed by atoms with E-state index in [2.05, 4.69) is 15.8 Å². The van der Waals surface area contributed by atoms with Crippen molar-refractivity contribution in [1.82, 2.24) is 0 Å². The van der Waals surface area contributed by atoms with Crippen molar-refractivity contribution in [3.63, 3.8) is 0 Å². The zero-order valence-electron chi connectivity index (χ0n) is 15.2. The number of ether oxygens (including phenoxy) is 1. The van der Waals surface area contributed by atoms with Gasteiger partial charge in [0.2, 0.25) is 15.7 Å². The Morgan fingerprint density at radius 3 is 2.21 bits per heavy atom. The molecule has 11 heteroatoms. The molecule has 1 amide bonds. The zero-order valence-corrected chi connectivity index (χ0v) is 16.1. The van der Waals surface area contributed by atoms with Crippen LogP contribution in [-0.2, 0) is 19.6 Å². The molecule has 0 atom stereocenters. The molecule has 2 aromatic rings. The number of anilines is 2. The molecule has 4 N–H and O–H groups in total. The molecule has 0 aliphatic rings. The SMILES string of the molecule is CCOC(=O)c1ccc(NC(=O)C(C#N)=NNc2ccc(S(N)(=O)=O)cc2)cc1. The Labute approximate surface area is 167 Å². The minimum absolute atomic E-state index is 0.0865. The molecule has 0 saturated carbocycles. The Morgan fingerprint density at radius 1 is 1.10 bits per heavy atom. The van der Waals surface area contributed by atoms with Crippen molar-refractivity contribution in [2.24, 2.45) is 10.2 Å². The van der Waals surface area contributed by atoms with Crippen LogP contribution < -0.4 is 15.9 Å². The number of primary sulfonamides is 1. The molecule has 2 rings (SSSR count). The fourth-order valence-corrected chi connectivity index (χ4v) is 2.58. The normalized spacial score (nSPS) is 11.3. The number of nitrogens with two attached hydrogens (primary N) is 1. The summed E-state index contributed by atoms with van der Waals surface area (Å²) in [4.78, 5) is 23.7. The Balaban J connectivity index is 2.04. The summed E-state index contributed by atoms with van der Waals surface area (Å²) in [6.07, 6.45) is 0.